The van der Waals surface area contributed by atoms with E-state index in [9.17, 15) is 9.59 Å². The van der Waals surface area contributed by atoms with Crippen LogP contribution in [-0.4, -0.2) is 36.9 Å². The lowest BCUT2D eigenvalue weighted by atomic mass is 10.1. The molecule has 1 atom stereocenters. The summed E-state index contributed by atoms with van der Waals surface area (Å²) < 4.78 is 5.31. The van der Waals surface area contributed by atoms with Crippen molar-refractivity contribution in [3.63, 3.8) is 0 Å². The molecule has 5 nitrogen and oxygen atoms in total. The van der Waals surface area contributed by atoms with Gasteiger partial charge in [0.15, 0.2) is 0 Å². The Morgan fingerprint density at radius 2 is 2.32 bits per heavy atom. The average molecular weight is 320 g/mol. The van der Waals surface area contributed by atoms with Crippen LogP contribution < -0.4 is 10.2 Å². The van der Waals surface area contributed by atoms with Gasteiger partial charge in [-0.1, -0.05) is 0 Å². The Hall–Kier alpha value is -1.69. The molecular formula is C16H20N2O3S. The first kappa shape index (κ1) is 15.2. The van der Waals surface area contributed by atoms with Gasteiger partial charge in [-0.15, -0.1) is 11.8 Å². The highest BCUT2D eigenvalue weighted by Crippen LogP contribution is 2.33. The minimum atomic E-state index is -0.337. The van der Waals surface area contributed by atoms with Gasteiger partial charge in [-0.05, 0) is 48.8 Å². The van der Waals surface area contributed by atoms with Crippen LogP contribution in [0.15, 0.2) is 23.1 Å². The molecule has 2 aliphatic heterocycles. The van der Waals surface area contributed by atoms with Crippen molar-refractivity contribution in [3.05, 3.63) is 23.8 Å². The maximum absolute atomic E-state index is 12.1. The van der Waals surface area contributed by atoms with Crippen LogP contribution >= 0.6 is 11.8 Å². The number of cyclic esters (lactones) is 1. The van der Waals surface area contributed by atoms with Gasteiger partial charge in [-0.2, -0.15) is 0 Å². The number of nitrogens with zero attached hydrogens (tertiary/aromatic N) is 1. The molecule has 0 spiro atoms. The lowest BCUT2D eigenvalue weighted by Gasteiger charge is -2.15. The lowest BCUT2D eigenvalue weighted by Crippen LogP contribution is -2.33. The number of thioether (sulfide) groups is 1. The fourth-order valence-electron chi connectivity index (χ4n) is 2.77. The molecule has 0 aromatic heterocycles. The van der Waals surface area contributed by atoms with Crippen LogP contribution in [0, 0.1) is 0 Å². The number of fused-ring (bicyclic) bond motifs is 1. The van der Waals surface area contributed by atoms with Gasteiger partial charge in [0.2, 0.25) is 5.91 Å². The van der Waals surface area contributed by atoms with E-state index < -0.39 is 0 Å². The molecule has 2 heterocycles. The molecule has 1 aromatic rings. The van der Waals surface area contributed by atoms with Crippen LogP contribution in [0.1, 0.15) is 25.3 Å². The molecule has 1 unspecified atom stereocenters. The summed E-state index contributed by atoms with van der Waals surface area (Å²) >= 11 is 1.89. The molecular weight excluding hydrogens is 300 g/mol. The van der Waals surface area contributed by atoms with Crippen LogP contribution in [0.2, 0.25) is 0 Å². The molecule has 0 saturated carbocycles. The van der Waals surface area contributed by atoms with Crippen molar-refractivity contribution in [3.8, 4) is 0 Å². The molecule has 1 N–H and O–H groups in total. The van der Waals surface area contributed by atoms with E-state index in [0.717, 1.165) is 17.9 Å². The highest BCUT2D eigenvalue weighted by Gasteiger charge is 2.32. The van der Waals surface area contributed by atoms with Crippen LogP contribution in [0.4, 0.5) is 10.5 Å². The van der Waals surface area contributed by atoms with Crippen LogP contribution in [0.5, 0.6) is 0 Å². The summed E-state index contributed by atoms with van der Waals surface area (Å²) in [6.07, 6.45) is 2.87. The van der Waals surface area contributed by atoms with Crippen molar-refractivity contribution < 1.29 is 14.3 Å². The number of benzene rings is 1. The molecule has 118 valence electrons. The van der Waals surface area contributed by atoms with Gasteiger partial charge in [0.05, 0.1) is 13.1 Å². The molecule has 1 saturated heterocycles. The van der Waals surface area contributed by atoms with E-state index in [1.54, 1.807) is 4.90 Å². The molecule has 2 amide bonds. The third-order valence-electron chi connectivity index (χ3n) is 3.91. The predicted molar refractivity (Wildman–Crippen MR) is 86.4 cm³/mol. The third-order valence-corrected chi connectivity index (χ3v) is 5.11. The third kappa shape index (κ3) is 3.38. The monoisotopic (exact) mass is 320 g/mol. The summed E-state index contributed by atoms with van der Waals surface area (Å²) in [6.45, 7) is 2.29. The average Bonchev–Trinajstić information content (AvgIpc) is 2.71. The van der Waals surface area contributed by atoms with Crippen molar-refractivity contribution >= 4 is 29.4 Å². The minimum absolute atomic E-state index is 0.114. The van der Waals surface area contributed by atoms with Crippen molar-refractivity contribution in [2.75, 3.05) is 23.7 Å². The molecule has 1 aromatic carbocycles. The maximum atomic E-state index is 12.1. The number of rotatable bonds is 3. The first-order valence-electron chi connectivity index (χ1n) is 7.62. The summed E-state index contributed by atoms with van der Waals surface area (Å²) in [5, 5.41) is 2.69. The summed E-state index contributed by atoms with van der Waals surface area (Å²) in [6, 6.07) is 6.20. The van der Waals surface area contributed by atoms with Crippen molar-refractivity contribution in [2.24, 2.45) is 0 Å². The number of hydrogen-bond acceptors (Lipinski definition) is 4. The quantitative estimate of drug-likeness (QED) is 0.930. The van der Waals surface area contributed by atoms with Crippen LogP contribution in [-0.2, 0) is 16.0 Å². The number of carbonyl (C=O) groups excluding carboxylic acids is 2. The van der Waals surface area contributed by atoms with Gasteiger partial charge in [0, 0.05) is 17.5 Å². The normalized spacial score (nSPS) is 21.0. The fourth-order valence-corrected chi connectivity index (χ4v) is 3.84. The Morgan fingerprint density at radius 1 is 1.45 bits per heavy atom. The van der Waals surface area contributed by atoms with Gasteiger partial charge in [0.1, 0.15) is 6.10 Å². The predicted octanol–water partition coefficient (Wildman–Crippen LogP) is 2.58. The number of ether oxygens (including phenoxy) is 1. The number of hydrogen-bond donors (Lipinski definition) is 1. The van der Waals surface area contributed by atoms with Crippen LogP contribution in [0.25, 0.3) is 0 Å². The molecule has 3 rings (SSSR count). The minimum Gasteiger partial charge on any atom is -0.442 e. The Labute approximate surface area is 134 Å². The van der Waals surface area contributed by atoms with E-state index in [4.69, 9.17) is 4.74 Å². The number of anilines is 1. The van der Waals surface area contributed by atoms with Crippen molar-refractivity contribution in [1.82, 2.24) is 5.32 Å². The topological polar surface area (TPSA) is 58.6 Å². The molecule has 0 bridgehead atoms. The van der Waals surface area contributed by atoms with E-state index in [2.05, 4.69) is 17.4 Å². The fraction of sp³-hybridized carbons (Fsp3) is 0.500. The number of carbonyl (C=O) groups is 2. The molecule has 0 radical (unpaired) electrons. The second kappa shape index (κ2) is 6.60. The smallest absolute Gasteiger partial charge is 0.414 e. The number of amides is 2. The van der Waals surface area contributed by atoms with Crippen molar-refractivity contribution in [1.29, 1.82) is 0 Å². The number of nitrogens with one attached hydrogen (secondary N) is 1. The van der Waals surface area contributed by atoms with Crippen LogP contribution in [0.3, 0.4) is 0 Å². The molecule has 6 heteroatoms. The zero-order chi connectivity index (χ0) is 15.5. The highest BCUT2D eigenvalue weighted by atomic mass is 32.2. The SMILES string of the molecule is CC(=O)NCC1CN(c2ccc3c(c2)CCCCS3)C(=O)O1. The van der Waals surface area contributed by atoms with Gasteiger partial charge >= 0.3 is 6.09 Å². The molecule has 0 aliphatic carbocycles. The highest BCUT2D eigenvalue weighted by molar-refractivity contribution is 7.99. The molecule has 22 heavy (non-hydrogen) atoms. The zero-order valence-corrected chi connectivity index (χ0v) is 13.4. The Balaban J connectivity index is 1.72. The summed E-state index contributed by atoms with van der Waals surface area (Å²) in [7, 11) is 0. The van der Waals surface area contributed by atoms with Gasteiger partial charge < -0.3 is 10.1 Å². The maximum Gasteiger partial charge on any atom is 0.414 e. The summed E-state index contributed by atoms with van der Waals surface area (Å²) in [5.41, 5.74) is 2.20. The Kier molecular flexibility index (Phi) is 4.57. The van der Waals surface area contributed by atoms with E-state index in [0.29, 0.717) is 13.1 Å². The van der Waals surface area contributed by atoms with Gasteiger partial charge in [-0.25, -0.2) is 4.79 Å². The summed E-state index contributed by atoms with van der Waals surface area (Å²) in [4.78, 5) is 26.0. The Morgan fingerprint density at radius 3 is 3.14 bits per heavy atom. The molecule has 2 aliphatic rings. The second-order valence-electron chi connectivity index (χ2n) is 5.65. The molecule has 1 fully saturated rings. The van der Waals surface area contributed by atoms with E-state index in [1.807, 2.05) is 17.8 Å². The zero-order valence-electron chi connectivity index (χ0n) is 12.6. The first-order valence-corrected chi connectivity index (χ1v) is 8.60. The largest absolute Gasteiger partial charge is 0.442 e. The van der Waals surface area contributed by atoms with Gasteiger partial charge in [-0.3, -0.25) is 9.69 Å². The summed E-state index contributed by atoms with van der Waals surface area (Å²) in [5.74, 6) is 1.05. The Bertz CT molecular complexity index is 591. The van der Waals surface area contributed by atoms with Crippen molar-refractivity contribution in [2.45, 2.75) is 37.2 Å². The standard InChI is InChI=1S/C16H20N2O3S/c1-11(19)17-9-14-10-18(16(20)21-14)13-5-6-15-12(8-13)4-2-3-7-22-15/h5-6,8,14H,2-4,7,9-10H2,1H3,(H,17,19). The second-order valence-corrected chi connectivity index (χ2v) is 6.79. The number of aryl methyl sites for hydroxylation is 1. The van der Waals surface area contributed by atoms with Gasteiger partial charge in [0.25, 0.3) is 0 Å². The first-order chi connectivity index (χ1) is 10.6. The lowest BCUT2D eigenvalue weighted by molar-refractivity contribution is -0.119. The van der Waals surface area contributed by atoms with E-state index in [-0.39, 0.29) is 18.1 Å². The van der Waals surface area contributed by atoms with E-state index in [1.165, 1.54) is 30.2 Å². The van der Waals surface area contributed by atoms with E-state index >= 15 is 0 Å².